The summed E-state index contributed by atoms with van der Waals surface area (Å²) in [6.07, 6.45) is 2.44. The lowest BCUT2D eigenvalue weighted by Gasteiger charge is -2.31. The quantitative estimate of drug-likeness (QED) is 0.892. The minimum Gasteiger partial charge on any atom is -0.384 e. The molecule has 0 spiro atoms. The Morgan fingerprint density at radius 1 is 1.35 bits per heavy atom. The van der Waals surface area contributed by atoms with E-state index in [9.17, 15) is 0 Å². The van der Waals surface area contributed by atoms with Gasteiger partial charge in [-0.15, -0.1) is 0 Å². The molecular formula is C14H18ClNO. The van der Waals surface area contributed by atoms with Crippen molar-refractivity contribution in [1.82, 2.24) is 5.32 Å². The summed E-state index contributed by atoms with van der Waals surface area (Å²) in [5, 5.41) is 4.32. The van der Waals surface area contributed by atoms with Gasteiger partial charge in [0.15, 0.2) is 0 Å². The van der Waals surface area contributed by atoms with Gasteiger partial charge in [-0.05, 0) is 37.1 Å². The lowest BCUT2D eigenvalue weighted by Crippen LogP contribution is -2.40. The first kappa shape index (κ1) is 11.5. The van der Waals surface area contributed by atoms with Crippen molar-refractivity contribution in [3.05, 3.63) is 34.9 Å². The summed E-state index contributed by atoms with van der Waals surface area (Å²) in [7, 11) is 1.80. The van der Waals surface area contributed by atoms with Crippen molar-refractivity contribution in [2.75, 3.05) is 26.8 Å². The van der Waals surface area contributed by atoms with E-state index in [4.69, 9.17) is 16.3 Å². The summed E-state index contributed by atoms with van der Waals surface area (Å²) < 4.78 is 5.43. The molecule has 1 saturated carbocycles. The molecule has 0 bridgehead atoms. The van der Waals surface area contributed by atoms with Crippen LogP contribution < -0.4 is 5.32 Å². The summed E-state index contributed by atoms with van der Waals surface area (Å²) in [5.41, 5.74) is 2.08. The van der Waals surface area contributed by atoms with Crippen molar-refractivity contribution in [2.24, 2.45) is 5.41 Å². The number of halogens is 1. The smallest absolute Gasteiger partial charge is 0.0539 e. The Balaban J connectivity index is 1.93. The highest BCUT2D eigenvalue weighted by molar-refractivity contribution is 6.30. The Bertz CT molecular complexity index is 415. The third-order valence-electron chi connectivity index (χ3n) is 4.54. The highest BCUT2D eigenvalue weighted by atomic mass is 35.5. The zero-order valence-corrected chi connectivity index (χ0v) is 10.9. The maximum atomic E-state index is 5.97. The SMILES string of the molecule is COCC12CNCCC1(c1ccc(Cl)cc1)C2. The van der Waals surface area contributed by atoms with E-state index in [1.807, 2.05) is 12.1 Å². The highest BCUT2D eigenvalue weighted by Crippen LogP contribution is 2.67. The zero-order valence-electron chi connectivity index (χ0n) is 10.1. The Hall–Kier alpha value is -0.570. The van der Waals surface area contributed by atoms with Gasteiger partial charge in [0, 0.05) is 29.5 Å². The number of hydrogen-bond acceptors (Lipinski definition) is 2. The van der Waals surface area contributed by atoms with Crippen LogP contribution in [-0.4, -0.2) is 26.8 Å². The number of piperidine rings is 1. The molecule has 17 heavy (non-hydrogen) atoms. The summed E-state index contributed by atoms with van der Waals surface area (Å²) in [6.45, 7) is 3.03. The average Bonchev–Trinajstić information content (AvgIpc) is 3.00. The molecule has 2 aliphatic rings. The van der Waals surface area contributed by atoms with Crippen LogP contribution in [0, 0.1) is 5.41 Å². The van der Waals surface area contributed by atoms with Gasteiger partial charge in [-0.2, -0.15) is 0 Å². The molecule has 0 radical (unpaired) electrons. The van der Waals surface area contributed by atoms with Gasteiger partial charge in [0.2, 0.25) is 0 Å². The fourth-order valence-electron chi connectivity index (χ4n) is 3.59. The highest BCUT2D eigenvalue weighted by Gasteiger charge is 2.68. The van der Waals surface area contributed by atoms with Crippen molar-refractivity contribution >= 4 is 11.6 Å². The summed E-state index contributed by atoms with van der Waals surface area (Å²) in [4.78, 5) is 0. The third kappa shape index (κ3) is 1.62. The van der Waals surface area contributed by atoms with Crippen LogP contribution in [0.1, 0.15) is 18.4 Å². The van der Waals surface area contributed by atoms with Crippen LogP contribution in [0.5, 0.6) is 0 Å². The molecule has 3 rings (SSSR count). The van der Waals surface area contributed by atoms with Crippen LogP contribution in [0.25, 0.3) is 0 Å². The number of rotatable bonds is 3. The van der Waals surface area contributed by atoms with Crippen LogP contribution >= 0.6 is 11.6 Å². The summed E-state index contributed by atoms with van der Waals surface area (Å²) in [6, 6.07) is 8.38. The lowest BCUT2D eigenvalue weighted by atomic mass is 9.81. The second kappa shape index (κ2) is 3.98. The minimum atomic E-state index is 0.313. The van der Waals surface area contributed by atoms with E-state index in [0.717, 1.165) is 24.7 Å². The van der Waals surface area contributed by atoms with Crippen molar-refractivity contribution in [2.45, 2.75) is 18.3 Å². The molecule has 2 unspecified atom stereocenters. The van der Waals surface area contributed by atoms with Crippen LogP contribution in [0.2, 0.25) is 5.02 Å². The molecule has 2 fully saturated rings. The number of fused-ring (bicyclic) bond motifs is 1. The molecule has 2 atom stereocenters. The maximum Gasteiger partial charge on any atom is 0.0539 e. The van der Waals surface area contributed by atoms with Crippen molar-refractivity contribution in [1.29, 1.82) is 0 Å². The van der Waals surface area contributed by atoms with E-state index in [0.29, 0.717) is 10.8 Å². The second-order valence-corrected chi connectivity index (χ2v) is 5.84. The van der Waals surface area contributed by atoms with Gasteiger partial charge in [-0.3, -0.25) is 0 Å². The van der Waals surface area contributed by atoms with Gasteiger partial charge in [-0.1, -0.05) is 23.7 Å². The van der Waals surface area contributed by atoms with Crippen molar-refractivity contribution < 1.29 is 4.74 Å². The number of nitrogens with one attached hydrogen (secondary N) is 1. The van der Waals surface area contributed by atoms with E-state index in [1.54, 1.807) is 7.11 Å². The van der Waals surface area contributed by atoms with Crippen LogP contribution in [0.15, 0.2) is 24.3 Å². The first-order valence-electron chi connectivity index (χ1n) is 6.18. The first-order valence-corrected chi connectivity index (χ1v) is 6.56. The molecule has 2 nitrogen and oxygen atoms in total. The van der Waals surface area contributed by atoms with E-state index in [2.05, 4.69) is 17.4 Å². The lowest BCUT2D eigenvalue weighted by molar-refractivity contribution is 0.116. The Labute approximate surface area is 107 Å². The van der Waals surface area contributed by atoms with Crippen molar-refractivity contribution in [3.63, 3.8) is 0 Å². The van der Waals surface area contributed by atoms with Gasteiger partial charge in [0.1, 0.15) is 0 Å². The third-order valence-corrected chi connectivity index (χ3v) is 4.79. The first-order chi connectivity index (χ1) is 8.22. The molecule has 1 heterocycles. The van der Waals surface area contributed by atoms with Gasteiger partial charge in [-0.25, -0.2) is 0 Å². The van der Waals surface area contributed by atoms with Crippen LogP contribution in [-0.2, 0) is 10.2 Å². The molecule has 1 aliphatic heterocycles. The molecule has 1 N–H and O–H groups in total. The van der Waals surface area contributed by atoms with Gasteiger partial charge < -0.3 is 10.1 Å². The summed E-state index contributed by atoms with van der Waals surface area (Å²) >= 11 is 5.97. The number of benzene rings is 1. The fraction of sp³-hybridized carbons (Fsp3) is 0.571. The Morgan fingerprint density at radius 2 is 2.12 bits per heavy atom. The fourth-order valence-corrected chi connectivity index (χ4v) is 3.71. The normalized spacial score (nSPS) is 35.4. The predicted octanol–water partition coefficient (Wildman–Crippen LogP) is 2.61. The number of hydrogen-bond donors (Lipinski definition) is 1. The van der Waals surface area contributed by atoms with Crippen LogP contribution in [0.4, 0.5) is 0 Å². The maximum absolute atomic E-state index is 5.97. The van der Waals surface area contributed by atoms with E-state index in [-0.39, 0.29) is 0 Å². The zero-order chi connectivity index (χ0) is 11.9. The molecule has 3 heteroatoms. The monoisotopic (exact) mass is 251 g/mol. The van der Waals surface area contributed by atoms with Crippen molar-refractivity contribution in [3.8, 4) is 0 Å². The second-order valence-electron chi connectivity index (χ2n) is 5.41. The average molecular weight is 252 g/mol. The Morgan fingerprint density at radius 3 is 2.82 bits per heavy atom. The molecule has 92 valence electrons. The molecule has 0 aromatic heterocycles. The number of ether oxygens (including phenoxy) is 1. The molecule has 1 aromatic rings. The molecule has 1 aromatic carbocycles. The molecule has 1 aliphatic carbocycles. The topological polar surface area (TPSA) is 21.3 Å². The van der Waals surface area contributed by atoms with E-state index < -0.39 is 0 Å². The van der Waals surface area contributed by atoms with Gasteiger partial charge >= 0.3 is 0 Å². The molecular weight excluding hydrogens is 234 g/mol. The van der Waals surface area contributed by atoms with Gasteiger partial charge in [0.05, 0.1) is 6.61 Å². The largest absolute Gasteiger partial charge is 0.384 e. The van der Waals surface area contributed by atoms with E-state index in [1.165, 1.54) is 18.4 Å². The van der Waals surface area contributed by atoms with E-state index >= 15 is 0 Å². The summed E-state index contributed by atoms with van der Waals surface area (Å²) in [5.74, 6) is 0. The molecule has 1 saturated heterocycles. The minimum absolute atomic E-state index is 0.313. The number of methoxy groups -OCH3 is 1. The Kier molecular flexibility index (Phi) is 2.69. The standard InChI is InChI=1S/C14H18ClNO/c1-17-10-13-8-14(13,6-7-16-9-13)11-2-4-12(15)5-3-11/h2-5,16H,6-10H2,1H3. The van der Waals surface area contributed by atoms with Crippen LogP contribution in [0.3, 0.4) is 0 Å². The molecule has 0 amide bonds. The van der Waals surface area contributed by atoms with Gasteiger partial charge in [0.25, 0.3) is 0 Å². The predicted molar refractivity (Wildman–Crippen MR) is 69.5 cm³/mol.